The second kappa shape index (κ2) is 9.07. The van der Waals surface area contributed by atoms with Gasteiger partial charge in [0, 0.05) is 32.1 Å². The molecule has 1 amide bonds. The number of nitrogens with zero attached hydrogens (tertiary/aromatic N) is 2. The summed E-state index contributed by atoms with van der Waals surface area (Å²) in [5.41, 5.74) is 5.81. The number of amides is 1. The minimum absolute atomic E-state index is 0.0518. The number of nitrogen functional groups attached to an aromatic ring is 1. The topological polar surface area (TPSA) is 102 Å². The largest absolute Gasteiger partial charge is 0.459 e. The average Bonchev–Trinajstić information content (AvgIpc) is 3.17. The van der Waals surface area contributed by atoms with Crippen LogP contribution in [0, 0.1) is 12.3 Å². The minimum atomic E-state index is -0.619. The quantitative estimate of drug-likeness (QED) is 0.619. The predicted molar refractivity (Wildman–Crippen MR) is 136 cm³/mol. The van der Waals surface area contributed by atoms with E-state index in [2.05, 4.69) is 4.90 Å². The highest BCUT2D eigenvalue weighted by atomic mass is 32.1. The highest BCUT2D eigenvalue weighted by Gasteiger charge is 2.54. The summed E-state index contributed by atoms with van der Waals surface area (Å²) in [6.45, 7) is 14.2. The van der Waals surface area contributed by atoms with Gasteiger partial charge in [0.05, 0.1) is 16.0 Å². The normalized spacial score (nSPS) is 25.7. The van der Waals surface area contributed by atoms with Crippen LogP contribution in [0.1, 0.15) is 92.3 Å². The lowest BCUT2D eigenvalue weighted by Crippen LogP contribution is -2.53. The summed E-state index contributed by atoms with van der Waals surface area (Å²) in [4.78, 5) is 43.4. The summed E-state index contributed by atoms with van der Waals surface area (Å²) in [5.74, 6) is -0.623. The number of esters is 2. The number of rotatable bonds is 3. The molecule has 1 unspecified atom stereocenters. The Morgan fingerprint density at radius 1 is 1.17 bits per heavy atom. The second-order valence-corrected chi connectivity index (χ2v) is 13.1. The molecular formula is C26H39N3O5S. The Kier molecular flexibility index (Phi) is 6.72. The number of hydrogen-bond acceptors (Lipinski definition) is 8. The number of likely N-dealkylation sites (tertiary alicyclic amines) is 2. The number of carbonyl (C=O) groups excluding carboxylic acids is 3. The van der Waals surface area contributed by atoms with Gasteiger partial charge in [0.25, 0.3) is 5.91 Å². The Labute approximate surface area is 212 Å². The molecule has 2 N–H and O–H groups in total. The standard InChI is InChI=1S/C26H39N3O5S/c1-16-18(20(27)35-19(16)22(31)33-24(2,3)4)21(30)28-12-8-17(9-13-28)29-11-7-10-26(15-29)14-25(5,6)34-23(26)32/h17H,7-15,27H2,1-6H3. The molecule has 1 spiro atoms. The van der Waals surface area contributed by atoms with Crippen LogP contribution in [-0.2, 0) is 14.3 Å². The van der Waals surface area contributed by atoms with Crippen molar-refractivity contribution in [3.05, 3.63) is 16.0 Å². The number of nitrogens with two attached hydrogens (primary N) is 1. The molecule has 8 nitrogen and oxygen atoms in total. The minimum Gasteiger partial charge on any atom is -0.459 e. The number of anilines is 1. The molecule has 0 bridgehead atoms. The first kappa shape index (κ1) is 25.9. The summed E-state index contributed by atoms with van der Waals surface area (Å²) in [6, 6.07) is 0.339. The summed E-state index contributed by atoms with van der Waals surface area (Å²) in [6.07, 6.45) is 4.34. The smallest absolute Gasteiger partial charge is 0.349 e. The van der Waals surface area contributed by atoms with Gasteiger partial charge < -0.3 is 20.1 Å². The fourth-order valence-electron chi connectivity index (χ4n) is 5.99. The van der Waals surface area contributed by atoms with Crippen molar-refractivity contribution in [2.24, 2.45) is 5.41 Å². The first-order valence-corrected chi connectivity index (χ1v) is 13.4. The molecule has 194 valence electrons. The Balaban J connectivity index is 1.40. The van der Waals surface area contributed by atoms with Crippen molar-refractivity contribution < 1.29 is 23.9 Å². The lowest BCUT2D eigenvalue weighted by atomic mass is 9.74. The molecule has 4 heterocycles. The van der Waals surface area contributed by atoms with Crippen molar-refractivity contribution >= 4 is 34.2 Å². The maximum Gasteiger partial charge on any atom is 0.349 e. The third-order valence-electron chi connectivity index (χ3n) is 7.41. The zero-order chi connectivity index (χ0) is 25.8. The second-order valence-electron chi connectivity index (χ2n) is 12.0. The molecule has 0 saturated carbocycles. The van der Waals surface area contributed by atoms with Crippen LogP contribution in [0.5, 0.6) is 0 Å². The molecule has 3 aliphatic heterocycles. The van der Waals surface area contributed by atoms with E-state index in [0.717, 1.165) is 56.5 Å². The molecule has 4 rings (SSSR count). The van der Waals surface area contributed by atoms with Gasteiger partial charge in [-0.1, -0.05) is 0 Å². The summed E-state index contributed by atoms with van der Waals surface area (Å²) < 4.78 is 11.2. The number of piperidine rings is 2. The Morgan fingerprint density at radius 2 is 1.83 bits per heavy atom. The lowest BCUT2D eigenvalue weighted by Gasteiger charge is -2.44. The van der Waals surface area contributed by atoms with E-state index in [4.69, 9.17) is 15.2 Å². The molecule has 1 atom stereocenters. The van der Waals surface area contributed by atoms with Crippen LogP contribution in [-0.4, -0.2) is 71.1 Å². The van der Waals surface area contributed by atoms with Crippen molar-refractivity contribution in [3.8, 4) is 0 Å². The molecule has 3 fully saturated rings. The van der Waals surface area contributed by atoms with Crippen molar-refractivity contribution in [3.63, 3.8) is 0 Å². The number of ether oxygens (including phenoxy) is 2. The van der Waals surface area contributed by atoms with Crippen molar-refractivity contribution in [2.45, 2.75) is 90.9 Å². The molecule has 0 radical (unpaired) electrons. The maximum atomic E-state index is 13.4. The van der Waals surface area contributed by atoms with E-state index in [1.165, 1.54) is 0 Å². The molecular weight excluding hydrogens is 466 g/mol. The molecule has 3 saturated heterocycles. The van der Waals surface area contributed by atoms with Gasteiger partial charge in [-0.2, -0.15) is 0 Å². The summed E-state index contributed by atoms with van der Waals surface area (Å²) >= 11 is 1.12. The fourth-order valence-corrected chi connectivity index (χ4v) is 6.93. The molecule has 3 aliphatic rings. The van der Waals surface area contributed by atoms with Crippen molar-refractivity contribution in [2.75, 3.05) is 31.9 Å². The van der Waals surface area contributed by atoms with Gasteiger partial charge in [0.1, 0.15) is 16.1 Å². The van der Waals surface area contributed by atoms with Gasteiger partial charge in [-0.15, -0.1) is 11.3 Å². The van der Waals surface area contributed by atoms with Crippen molar-refractivity contribution in [1.82, 2.24) is 9.80 Å². The zero-order valence-electron chi connectivity index (χ0n) is 21.9. The van der Waals surface area contributed by atoms with E-state index < -0.39 is 22.6 Å². The fraction of sp³-hybridized carbons (Fsp3) is 0.731. The van der Waals surface area contributed by atoms with Crippen LogP contribution in [0.15, 0.2) is 0 Å². The molecule has 35 heavy (non-hydrogen) atoms. The van der Waals surface area contributed by atoms with Crippen LogP contribution in [0.4, 0.5) is 5.00 Å². The molecule has 0 aromatic carbocycles. The van der Waals surface area contributed by atoms with Crippen LogP contribution in [0.25, 0.3) is 0 Å². The van der Waals surface area contributed by atoms with E-state index >= 15 is 0 Å². The number of carbonyl (C=O) groups is 3. The average molecular weight is 506 g/mol. The number of cyclic esters (lactones) is 1. The molecule has 1 aromatic rings. The Bertz CT molecular complexity index is 1020. The Morgan fingerprint density at radius 3 is 2.40 bits per heavy atom. The van der Waals surface area contributed by atoms with Crippen LogP contribution in [0.3, 0.4) is 0 Å². The number of thiophene rings is 1. The van der Waals surface area contributed by atoms with E-state index in [0.29, 0.717) is 40.1 Å². The van der Waals surface area contributed by atoms with Crippen LogP contribution >= 0.6 is 11.3 Å². The van der Waals surface area contributed by atoms with E-state index in [9.17, 15) is 14.4 Å². The highest BCUT2D eigenvalue weighted by Crippen LogP contribution is 2.46. The van der Waals surface area contributed by atoms with Gasteiger partial charge in [-0.25, -0.2) is 4.79 Å². The van der Waals surface area contributed by atoms with Gasteiger partial charge in [0.2, 0.25) is 0 Å². The van der Waals surface area contributed by atoms with Crippen molar-refractivity contribution in [1.29, 1.82) is 0 Å². The third kappa shape index (κ3) is 5.21. The summed E-state index contributed by atoms with van der Waals surface area (Å²) in [7, 11) is 0. The van der Waals surface area contributed by atoms with E-state index in [1.807, 2.05) is 39.5 Å². The first-order chi connectivity index (χ1) is 16.2. The SMILES string of the molecule is Cc1c(C(=O)OC(C)(C)C)sc(N)c1C(=O)N1CCC(N2CCCC3(C2)CC(C)(C)OC3=O)CC1. The molecule has 9 heteroatoms. The van der Waals surface area contributed by atoms with Gasteiger partial charge >= 0.3 is 11.9 Å². The van der Waals surface area contributed by atoms with Gasteiger partial charge in [0.15, 0.2) is 0 Å². The van der Waals surface area contributed by atoms with Crippen LogP contribution in [0.2, 0.25) is 0 Å². The van der Waals surface area contributed by atoms with E-state index in [1.54, 1.807) is 6.92 Å². The monoisotopic (exact) mass is 505 g/mol. The van der Waals surface area contributed by atoms with Gasteiger partial charge in [-0.3, -0.25) is 14.5 Å². The first-order valence-electron chi connectivity index (χ1n) is 12.6. The molecule has 0 aliphatic carbocycles. The lowest BCUT2D eigenvalue weighted by molar-refractivity contribution is -0.154. The maximum absolute atomic E-state index is 13.4. The Hall–Kier alpha value is -2.13. The highest BCUT2D eigenvalue weighted by molar-refractivity contribution is 7.18. The van der Waals surface area contributed by atoms with Crippen LogP contribution < -0.4 is 5.73 Å². The predicted octanol–water partition coefficient (Wildman–Crippen LogP) is 4.01. The van der Waals surface area contributed by atoms with Gasteiger partial charge in [-0.05, 0) is 79.3 Å². The molecule has 1 aromatic heterocycles. The zero-order valence-corrected chi connectivity index (χ0v) is 22.7. The third-order valence-corrected chi connectivity index (χ3v) is 8.51. The number of hydrogen-bond donors (Lipinski definition) is 1. The summed E-state index contributed by atoms with van der Waals surface area (Å²) in [5, 5.41) is 0.357. The van der Waals surface area contributed by atoms with E-state index in [-0.39, 0.29) is 11.9 Å².